The minimum atomic E-state index is -4.82. The summed E-state index contributed by atoms with van der Waals surface area (Å²) in [6.45, 7) is -1.09. The monoisotopic (exact) mass is 318 g/mol. The van der Waals surface area contributed by atoms with Gasteiger partial charge in [-0.15, -0.1) is 0 Å². The molecule has 0 unspecified atom stereocenters. The van der Waals surface area contributed by atoms with Gasteiger partial charge in [-0.1, -0.05) is 18.2 Å². The van der Waals surface area contributed by atoms with Gasteiger partial charge in [0.05, 0.1) is 17.9 Å². The van der Waals surface area contributed by atoms with Crippen molar-refractivity contribution in [1.29, 1.82) is 0 Å². The number of nitro groups is 1. The van der Waals surface area contributed by atoms with Crippen LogP contribution in [-0.2, 0) is 11.2 Å². The smallest absolute Gasteiger partial charge is 0.379 e. The zero-order valence-corrected chi connectivity index (χ0v) is 11.3. The summed E-state index contributed by atoms with van der Waals surface area (Å²) in [5.41, 5.74) is -3.05. The number of amides is 1. The van der Waals surface area contributed by atoms with E-state index in [4.69, 9.17) is 0 Å². The number of β-amino-alcohol motifs (C(OH)–C–C–N with tert-alkyl or cyclic N) is 1. The normalized spacial score (nSPS) is 21.9. The first-order chi connectivity index (χ1) is 10.1. The Bertz CT molecular complexity index is 605. The summed E-state index contributed by atoms with van der Waals surface area (Å²) in [6, 6.07) is 5.54. The van der Waals surface area contributed by atoms with Gasteiger partial charge in [0.2, 0.25) is 5.91 Å². The zero-order chi connectivity index (χ0) is 16.5. The maximum absolute atomic E-state index is 12.7. The molecule has 0 bridgehead atoms. The van der Waals surface area contributed by atoms with Crippen molar-refractivity contribution >= 4 is 11.6 Å². The van der Waals surface area contributed by atoms with Crippen LogP contribution in [-0.4, -0.2) is 45.7 Å². The van der Waals surface area contributed by atoms with Crippen LogP contribution in [0.3, 0.4) is 0 Å². The fourth-order valence-electron chi connectivity index (χ4n) is 2.35. The summed E-state index contributed by atoms with van der Waals surface area (Å²) in [5, 5.41) is 20.4. The fourth-order valence-corrected chi connectivity index (χ4v) is 2.35. The minimum Gasteiger partial charge on any atom is -0.379 e. The lowest BCUT2D eigenvalue weighted by Crippen LogP contribution is -2.48. The number of halogens is 3. The summed E-state index contributed by atoms with van der Waals surface area (Å²) in [5.74, 6) is -0.686. The molecule has 0 saturated carbocycles. The van der Waals surface area contributed by atoms with Crippen molar-refractivity contribution in [3.63, 3.8) is 0 Å². The number of nitrogens with zero attached hydrogens (tertiary/aromatic N) is 2. The molecule has 1 aromatic rings. The third kappa shape index (κ3) is 3.03. The van der Waals surface area contributed by atoms with E-state index in [9.17, 15) is 33.2 Å². The SMILES string of the molecule is O=C(Cc1ccccc1[N+](=O)[O-])N1CC[C@](O)(C(F)(F)F)C1. The number of carbonyl (C=O) groups excluding carboxylic acids is 1. The van der Waals surface area contributed by atoms with Gasteiger partial charge in [0.1, 0.15) is 0 Å². The van der Waals surface area contributed by atoms with Crippen LogP contribution in [0.2, 0.25) is 0 Å². The van der Waals surface area contributed by atoms with E-state index in [1.165, 1.54) is 24.3 Å². The zero-order valence-electron chi connectivity index (χ0n) is 11.3. The average Bonchev–Trinajstić information content (AvgIpc) is 2.83. The number of carbonyl (C=O) groups is 1. The van der Waals surface area contributed by atoms with Crippen molar-refractivity contribution in [3.8, 4) is 0 Å². The highest BCUT2D eigenvalue weighted by Crippen LogP contribution is 2.37. The lowest BCUT2D eigenvalue weighted by molar-refractivity contribution is -0.385. The molecule has 1 aliphatic heterocycles. The van der Waals surface area contributed by atoms with Gasteiger partial charge in [-0.25, -0.2) is 0 Å². The van der Waals surface area contributed by atoms with Gasteiger partial charge in [-0.2, -0.15) is 13.2 Å². The van der Waals surface area contributed by atoms with Crippen LogP contribution in [0.25, 0.3) is 0 Å². The summed E-state index contributed by atoms with van der Waals surface area (Å²) >= 11 is 0. The van der Waals surface area contributed by atoms with E-state index in [1.54, 1.807) is 0 Å². The van der Waals surface area contributed by atoms with Crippen molar-refractivity contribution in [2.75, 3.05) is 13.1 Å². The van der Waals surface area contributed by atoms with Crippen molar-refractivity contribution < 1.29 is 28.0 Å². The topological polar surface area (TPSA) is 83.7 Å². The third-order valence-corrected chi connectivity index (χ3v) is 3.66. The molecule has 22 heavy (non-hydrogen) atoms. The molecule has 1 aromatic carbocycles. The Morgan fingerprint density at radius 1 is 1.41 bits per heavy atom. The first-order valence-corrected chi connectivity index (χ1v) is 6.43. The number of alkyl halides is 3. The highest BCUT2D eigenvalue weighted by atomic mass is 19.4. The van der Waals surface area contributed by atoms with Gasteiger partial charge in [0, 0.05) is 24.6 Å². The molecule has 0 radical (unpaired) electrons. The van der Waals surface area contributed by atoms with Crippen molar-refractivity contribution in [1.82, 2.24) is 4.90 Å². The molecule has 1 aliphatic rings. The van der Waals surface area contributed by atoms with E-state index < -0.39 is 35.6 Å². The summed E-state index contributed by atoms with van der Waals surface area (Å²) < 4.78 is 38.1. The lowest BCUT2D eigenvalue weighted by atomic mass is 10.0. The Morgan fingerprint density at radius 2 is 2.05 bits per heavy atom. The van der Waals surface area contributed by atoms with Crippen LogP contribution in [0.1, 0.15) is 12.0 Å². The maximum atomic E-state index is 12.7. The van der Waals surface area contributed by atoms with Crippen LogP contribution in [0.5, 0.6) is 0 Å². The number of hydrogen-bond acceptors (Lipinski definition) is 4. The number of hydrogen-bond donors (Lipinski definition) is 1. The largest absolute Gasteiger partial charge is 0.419 e. The molecule has 120 valence electrons. The van der Waals surface area contributed by atoms with Gasteiger partial charge in [-0.3, -0.25) is 14.9 Å². The lowest BCUT2D eigenvalue weighted by Gasteiger charge is -2.25. The molecule has 1 saturated heterocycles. The molecule has 1 N–H and O–H groups in total. The Balaban J connectivity index is 2.11. The van der Waals surface area contributed by atoms with Gasteiger partial charge in [-0.05, 0) is 0 Å². The number of para-hydroxylation sites is 1. The van der Waals surface area contributed by atoms with E-state index in [1.807, 2.05) is 0 Å². The first-order valence-electron chi connectivity index (χ1n) is 6.43. The van der Waals surface area contributed by atoms with E-state index >= 15 is 0 Å². The summed E-state index contributed by atoms with van der Waals surface area (Å²) in [4.78, 5) is 23.1. The van der Waals surface area contributed by atoms with E-state index in [-0.39, 0.29) is 24.2 Å². The van der Waals surface area contributed by atoms with Crippen LogP contribution < -0.4 is 0 Å². The highest BCUT2D eigenvalue weighted by molar-refractivity contribution is 5.80. The Hall–Kier alpha value is -2.16. The number of likely N-dealkylation sites (tertiary alicyclic amines) is 1. The molecule has 0 aromatic heterocycles. The average molecular weight is 318 g/mol. The Labute approximate surface area is 123 Å². The summed E-state index contributed by atoms with van der Waals surface area (Å²) in [7, 11) is 0. The summed E-state index contributed by atoms with van der Waals surface area (Å²) in [6.07, 6.45) is -5.80. The van der Waals surface area contributed by atoms with Gasteiger partial charge >= 0.3 is 6.18 Å². The maximum Gasteiger partial charge on any atom is 0.419 e. The van der Waals surface area contributed by atoms with E-state index in [0.29, 0.717) is 0 Å². The first kappa shape index (κ1) is 16.2. The van der Waals surface area contributed by atoms with Crippen molar-refractivity contribution in [2.45, 2.75) is 24.6 Å². The minimum absolute atomic E-state index is 0.125. The predicted molar refractivity (Wildman–Crippen MR) is 69.0 cm³/mol. The van der Waals surface area contributed by atoms with Crippen molar-refractivity contribution in [3.05, 3.63) is 39.9 Å². The number of nitro benzene ring substituents is 1. The molecule has 9 heteroatoms. The van der Waals surface area contributed by atoms with E-state index in [0.717, 1.165) is 4.90 Å². The molecule has 1 heterocycles. The van der Waals surface area contributed by atoms with Gasteiger partial charge in [0.15, 0.2) is 5.60 Å². The second-order valence-electron chi connectivity index (χ2n) is 5.16. The molecule has 1 fully saturated rings. The molecule has 1 atom stereocenters. The Morgan fingerprint density at radius 3 is 2.59 bits per heavy atom. The molecule has 0 spiro atoms. The van der Waals surface area contributed by atoms with Crippen LogP contribution in [0, 0.1) is 10.1 Å². The molecular formula is C13H13F3N2O4. The van der Waals surface area contributed by atoms with Crippen molar-refractivity contribution in [2.24, 2.45) is 0 Å². The number of rotatable bonds is 3. The van der Waals surface area contributed by atoms with E-state index in [2.05, 4.69) is 0 Å². The van der Waals surface area contributed by atoms with Gasteiger partial charge < -0.3 is 10.0 Å². The molecular weight excluding hydrogens is 305 g/mol. The standard InChI is InChI=1S/C13H13F3N2O4/c14-13(15,16)12(20)5-6-17(8-12)11(19)7-9-3-1-2-4-10(9)18(21)22/h1-4,20H,5-8H2/t12-/m1/s1. The molecule has 2 rings (SSSR count). The Kier molecular flexibility index (Phi) is 4.10. The predicted octanol–water partition coefficient (Wildman–Crippen LogP) is 1.66. The number of aliphatic hydroxyl groups is 1. The number of benzene rings is 1. The quantitative estimate of drug-likeness (QED) is 0.678. The van der Waals surface area contributed by atoms with Gasteiger partial charge in [0.25, 0.3) is 5.69 Å². The van der Waals surface area contributed by atoms with Crippen LogP contribution in [0.4, 0.5) is 18.9 Å². The molecule has 0 aliphatic carbocycles. The third-order valence-electron chi connectivity index (χ3n) is 3.66. The molecule has 6 nitrogen and oxygen atoms in total. The molecule has 1 amide bonds. The van der Waals surface area contributed by atoms with Crippen LogP contribution >= 0.6 is 0 Å². The fraction of sp³-hybridized carbons (Fsp3) is 0.462. The highest BCUT2D eigenvalue weighted by Gasteiger charge is 2.57. The second-order valence-corrected chi connectivity index (χ2v) is 5.16. The van der Waals surface area contributed by atoms with Crippen LogP contribution in [0.15, 0.2) is 24.3 Å². The second kappa shape index (κ2) is 5.56.